The number of amides is 2. The molecule has 0 radical (unpaired) electrons. The molecule has 0 spiro atoms. The Hall–Kier alpha value is -2.35. The van der Waals surface area contributed by atoms with E-state index in [2.05, 4.69) is 10.6 Å². The Balaban J connectivity index is 2.98. The summed E-state index contributed by atoms with van der Waals surface area (Å²) in [7, 11) is 0. The number of rotatable bonds is 5. The number of halogens is 1. The zero-order valence-corrected chi connectivity index (χ0v) is 12.2. The Morgan fingerprint density at radius 1 is 1.48 bits per heavy atom. The maximum atomic E-state index is 12.0. The highest BCUT2D eigenvalue weighted by Gasteiger charge is 2.21. The molecule has 21 heavy (non-hydrogen) atoms. The van der Waals surface area contributed by atoms with Crippen LogP contribution in [0.3, 0.4) is 0 Å². The minimum Gasteiger partial charge on any atom is -0.392 e. The normalized spacial score (nSPS) is 11.6. The molecule has 0 saturated carbocycles. The third kappa shape index (κ3) is 4.06. The molecule has 1 rings (SSSR count). The van der Waals surface area contributed by atoms with E-state index in [1.165, 1.54) is 13.0 Å². The summed E-state index contributed by atoms with van der Waals surface area (Å²) >= 11 is 5.77. The molecule has 0 bridgehead atoms. The van der Waals surface area contributed by atoms with Crippen molar-refractivity contribution < 1.29 is 14.5 Å². The van der Waals surface area contributed by atoms with Gasteiger partial charge in [-0.1, -0.05) is 11.6 Å². The van der Waals surface area contributed by atoms with Crippen molar-refractivity contribution in [3.05, 3.63) is 32.8 Å². The lowest BCUT2D eigenvalue weighted by Crippen LogP contribution is -2.44. The van der Waals surface area contributed by atoms with Gasteiger partial charge in [-0.05, 0) is 19.9 Å². The number of likely N-dealkylation sites (N-methyl/N-ethyl adjacent to an activating group) is 1. The minimum atomic E-state index is -0.784. The lowest BCUT2D eigenvalue weighted by molar-refractivity contribution is -0.383. The standard InChI is InChI=1S/C12H15ClN4O4/c1-3-15-11(18)6(2)16-12(19)7-4-8(13)10(14)9(5-7)17(20)21/h4-6H,3,14H2,1-2H3,(H,15,18)(H,16,19). The lowest BCUT2D eigenvalue weighted by Gasteiger charge is -2.13. The van der Waals surface area contributed by atoms with E-state index in [0.29, 0.717) is 6.54 Å². The highest BCUT2D eigenvalue weighted by molar-refractivity contribution is 6.34. The molecule has 9 heteroatoms. The fourth-order valence-corrected chi connectivity index (χ4v) is 1.77. The maximum absolute atomic E-state index is 12.0. The van der Waals surface area contributed by atoms with Gasteiger partial charge in [-0.25, -0.2) is 0 Å². The molecule has 4 N–H and O–H groups in total. The highest BCUT2D eigenvalue weighted by Crippen LogP contribution is 2.30. The largest absolute Gasteiger partial charge is 0.392 e. The average molecular weight is 315 g/mol. The molecule has 114 valence electrons. The van der Waals surface area contributed by atoms with E-state index in [-0.39, 0.29) is 22.2 Å². The molecule has 0 aliphatic heterocycles. The van der Waals surface area contributed by atoms with Crippen molar-refractivity contribution in [1.29, 1.82) is 0 Å². The van der Waals surface area contributed by atoms with E-state index in [1.807, 2.05) is 0 Å². The molecule has 2 amide bonds. The summed E-state index contributed by atoms with van der Waals surface area (Å²) in [5.41, 5.74) is 4.75. The van der Waals surface area contributed by atoms with E-state index in [9.17, 15) is 19.7 Å². The van der Waals surface area contributed by atoms with E-state index < -0.39 is 22.6 Å². The van der Waals surface area contributed by atoms with Gasteiger partial charge in [0.05, 0.1) is 9.95 Å². The van der Waals surface area contributed by atoms with Gasteiger partial charge in [0.15, 0.2) is 0 Å². The van der Waals surface area contributed by atoms with Crippen molar-refractivity contribution in [2.75, 3.05) is 12.3 Å². The summed E-state index contributed by atoms with van der Waals surface area (Å²) < 4.78 is 0. The van der Waals surface area contributed by atoms with Crippen LogP contribution in [0.4, 0.5) is 11.4 Å². The van der Waals surface area contributed by atoms with Crippen molar-refractivity contribution >= 4 is 34.8 Å². The molecule has 8 nitrogen and oxygen atoms in total. The number of hydrogen-bond donors (Lipinski definition) is 3. The molecular weight excluding hydrogens is 300 g/mol. The zero-order valence-electron chi connectivity index (χ0n) is 11.5. The second-order valence-corrected chi connectivity index (χ2v) is 4.64. The number of benzene rings is 1. The smallest absolute Gasteiger partial charge is 0.294 e. The summed E-state index contributed by atoms with van der Waals surface area (Å²) in [6.07, 6.45) is 0. The van der Waals surface area contributed by atoms with Crippen LogP contribution in [0.5, 0.6) is 0 Å². The second-order valence-electron chi connectivity index (χ2n) is 4.24. The zero-order chi connectivity index (χ0) is 16.2. The first kappa shape index (κ1) is 16.7. The molecule has 0 aliphatic carbocycles. The number of nitrogens with zero attached hydrogens (tertiary/aromatic N) is 1. The van der Waals surface area contributed by atoms with Crippen LogP contribution in [0.15, 0.2) is 12.1 Å². The topological polar surface area (TPSA) is 127 Å². The monoisotopic (exact) mass is 314 g/mol. The van der Waals surface area contributed by atoms with Gasteiger partial charge in [-0.2, -0.15) is 0 Å². The van der Waals surface area contributed by atoms with E-state index in [1.54, 1.807) is 6.92 Å². The third-order valence-corrected chi connectivity index (χ3v) is 2.97. The van der Waals surface area contributed by atoms with Crippen LogP contribution in [0.25, 0.3) is 0 Å². The fraction of sp³-hybridized carbons (Fsp3) is 0.333. The Kier molecular flexibility index (Phi) is 5.48. The number of hydrogen-bond acceptors (Lipinski definition) is 5. The summed E-state index contributed by atoms with van der Waals surface area (Å²) in [6.45, 7) is 3.67. The number of nitro benzene ring substituents is 1. The van der Waals surface area contributed by atoms with Gasteiger partial charge in [0.1, 0.15) is 11.7 Å². The van der Waals surface area contributed by atoms with Crippen LogP contribution in [0, 0.1) is 10.1 Å². The number of nitrogens with one attached hydrogen (secondary N) is 2. The van der Waals surface area contributed by atoms with Gasteiger partial charge in [0, 0.05) is 18.2 Å². The van der Waals surface area contributed by atoms with Crippen molar-refractivity contribution in [2.24, 2.45) is 0 Å². The number of carbonyl (C=O) groups excluding carboxylic acids is 2. The highest BCUT2D eigenvalue weighted by atomic mass is 35.5. The predicted octanol–water partition coefficient (Wildman–Crippen LogP) is 1.08. The number of carbonyl (C=O) groups is 2. The molecule has 0 fully saturated rings. The van der Waals surface area contributed by atoms with Crippen molar-refractivity contribution in [2.45, 2.75) is 19.9 Å². The Morgan fingerprint density at radius 3 is 2.62 bits per heavy atom. The summed E-state index contributed by atoms with van der Waals surface area (Å²) in [6, 6.07) is 1.44. The van der Waals surface area contributed by atoms with Crippen LogP contribution >= 0.6 is 11.6 Å². The van der Waals surface area contributed by atoms with Crippen LogP contribution in [0.2, 0.25) is 5.02 Å². The molecule has 0 aliphatic rings. The van der Waals surface area contributed by atoms with Crippen LogP contribution in [0.1, 0.15) is 24.2 Å². The molecule has 1 aromatic rings. The molecule has 1 unspecified atom stereocenters. The summed E-state index contributed by atoms with van der Waals surface area (Å²) in [5.74, 6) is -1.01. The number of nitro groups is 1. The van der Waals surface area contributed by atoms with Crippen LogP contribution < -0.4 is 16.4 Å². The Bertz CT molecular complexity index is 591. The second kappa shape index (κ2) is 6.89. The predicted molar refractivity (Wildman–Crippen MR) is 78.1 cm³/mol. The third-order valence-electron chi connectivity index (χ3n) is 2.66. The van der Waals surface area contributed by atoms with Gasteiger partial charge in [-0.3, -0.25) is 19.7 Å². The minimum absolute atomic E-state index is 0.0444. The van der Waals surface area contributed by atoms with Crippen molar-refractivity contribution in [3.63, 3.8) is 0 Å². The van der Waals surface area contributed by atoms with Crippen LogP contribution in [-0.2, 0) is 4.79 Å². The summed E-state index contributed by atoms with van der Waals surface area (Å²) in [4.78, 5) is 33.6. The molecular formula is C12H15ClN4O4. The van der Waals surface area contributed by atoms with E-state index in [4.69, 9.17) is 17.3 Å². The Morgan fingerprint density at radius 2 is 2.10 bits per heavy atom. The number of anilines is 1. The van der Waals surface area contributed by atoms with Gasteiger partial charge in [0.25, 0.3) is 11.6 Å². The quantitative estimate of drug-likeness (QED) is 0.426. The van der Waals surface area contributed by atoms with Crippen molar-refractivity contribution in [1.82, 2.24) is 10.6 Å². The SMILES string of the molecule is CCNC(=O)C(C)NC(=O)c1cc(Cl)c(N)c([N+](=O)[O-])c1. The molecule has 0 aromatic heterocycles. The fourth-order valence-electron chi connectivity index (χ4n) is 1.56. The first-order valence-electron chi connectivity index (χ1n) is 6.09. The van der Waals surface area contributed by atoms with Crippen LogP contribution in [-0.4, -0.2) is 29.3 Å². The summed E-state index contributed by atoms with van der Waals surface area (Å²) in [5, 5.41) is 15.7. The van der Waals surface area contributed by atoms with Gasteiger partial charge < -0.3 is 16.4 Å². The van der Waals surface area contributed by atoms with Gasteiger partial charge in [-0.15, -0.1) is 0 Å². The maximum Gasteiger partial charge on any atom is 0.294 e. The molecule has 0 saturated heterocycles. The van der Waals surface area contributed by atoms with E-state index in [0.717, 1.165) is 6.07 Å². The van der Waals surface area contributed by atoms with Gasteiger partial charge >= 0.3 is 0 Å². The number of nitrogen functional groups attached to an aromatic ring is 1. The van der Waals surface area contributed by atoms with Crippen molar-refractivity contribution in [3.8, 4) is 0 Å². The number of nitrogens with two attached hydrogens (primary N) is 1. The van der Waals surface area contributed by atoms with Gasteiger partial charge in [0.2, 0.25) is 5.91 Å². The Labute approximate surface area is 125 Å². The first-order chi connectivity index (χ1) is 9.77. The van der Waals surface area contributed by atoms with E-state index >= 15 is 0 Å². The molecule has 1 atom stereocenters. The molecule has 1 aromatic carbocycles. The first-order valence-corrected chi connectivity index (χ1v) is 6.47. The molecule has 0 heterocycles. The lowest BCUT2D eigenvalue weighted by atomic mass is 10.1. The average Bonchev–Trinajstić information content (AvgIpc) is 2.41.